The van der Waals surface area contributed by atoms with Crippen molar-refractivity contribution >= 4 is 28.3 Å². The molecular formula is C18H18IN. The fraction of sp³-hybridized carbons (Fsp3) is 0.333. The predicted molar refractivity (Wildman–Crippen MR) is 92.9 cm³/mol. The second kappa shape index (κ2) is 4.48. The lowest BCUT2D eigenvalue weighted by Crippen LogP contribution is -2.28. The van der Waals surface area contributed by atoms with E-state index in [0.717, 1.165) is 5.69 Å². The lowest BCUT2D eigenvalue weighted by Gasteiger charge is -2.36. The largest absolute Gasteiger partial charge is 0.399 e. The van der Waals surface area contributed by atoms with Gasteiger partial charge in [-0.1, -0.05) is 31.4 Å². The highest BCUT2D eigenvalue weighted by Gasteiger charge is 2.43. The van der Waals surface area contributed by atoms with Gasteiger partial charge in [-0.25, -0.2) is 0 Å². The van der Waals surface area contributed by atoms with E-state index in [2.05, 4.69) is 52.9 Å². The third-order valence-corrected chi connectivity index (χ3v) is 5.72. The summed E-state index contributed by atoms with van der Waals surface area (Å²) in [6.45, 7) is 0. The van der Waals surface area contributed by atoms with E-state index < -0.39 is 0 Å². The van der Waals surface area contributed by atoms with Gasteiger partial charge in [0.15, 0.2) is 0 Å². The summed E-state index contributed by atoms with van der Waals surface area (Å²) in [7, 11) is 0. The minimum atomic E-state index is 0.236. The number of nitrogen functional groups attached to an aromatic ring is 1. The van der Waals surface area contributed by atoms with E-state index in [-0.39, 0.29) is 5.41 Å². The van der Waals surface area contributed by atoms with Crippen LogP contribution in [0.25, 0.3) is 11.1 Å². The lowest BCUT2D eigenvalue weighted by atomic mass is 9.68. The summed E-state index contributed by atoms with van der Waals surface area (Å²) in [6.07, 6.45) is 6.59. The normalized spacial score (nSPS) is 18.9. The van der Waals surface area contributed by atoms with Crippen molar-refractivity contribution in [2.24, 2.45) is 0 Å². The Bertz CT molecular complexity index is 630. The molecule has 4 rings (SSSR count). The molecule has 2 heteroatoms. The molecule has 0 bridgehead atoms. The Balaban J connectivity index is 2.03. The van der Waals surface area contributed by atoms with Gasteiger partial charge in [-0.3, -0.25) is 0 Å². The average molecular weight is 375 g/mol. The van der Waals surface area contributed by atoms with Crippen molar-refractivity contribution in [1.29, 1.82) is 0 Å². The van der Waals surface area contributed by atoms with Gasteiger partial charge in [0.1, 0.15) is 0 Å². The number of nitrogens with two attached hydrogens (primary N) is 1. The van der Waals surface area contributed by atoms with Crippen molar-refractivity contribution in [1.82, 2.24) is 0 Å². The topological polar surface area (TPSA) is 26.0 Å². The zero-order chi connectivity index (χ0) is 13.7. The first-order chi connectivity index (χ1) is 9.71. The maximum atomic E-state index is 6.08. The van der Waals surface area contributed by atoms with Crippen molar-refractivity contribution in [2.75, 3.05) is 5.73 Å². The maximum Gasteiger partial charge on any atom is 0.0317 e. The molecule has 1 saturated carbocycles. The number of hydrogen-bond acceptors (Lipinski definition) is 1. The molecule has 102 valence electrons. The van der Waals surface area contributed by atoms with Gasteiger partial charge in [0.05, 0.1) is 0 Å². The Morgan fingerprint density at radius 1 is 0.850 bits per heavy atom. The molecule has 2 aliphatic carbocycles. The molecule has 1 fully saturated rings. The van der Waals surface area contributed by atoms with E-state index in [0.29, 0.717) is 0 Å². The van der Waals surface area contributed by atoms with Gasteiger partial charge in [-0.2, -0.15) is 0 Å². The Labute approximate surface area is 133 Å². The molecule has 0 aliphatic heterocycles. The summed E-state index contributed by atoms with van der Waals surface area (Å²) in [4.78, 5) is 0. The predicted octanol–water partition coefficient (Wildman–Crippen LogP) is 5.10. The van der Waals surface area contributed by atoms with Crippen LogP contribution in [0.3, 0.4) is 0 Å². The van der Waals surface area contributed by atoms with Crippen LogP contribution in [0.4, 0.5) is 5.69 Å². The quantitative estimate of drug-likeness (QED) is 0.503. The molecule has 2 aliphatic rings. The molecule has 20 heavy (non-hydrogen) atoms. The van der Waals surface area contributed by atoms with Gasteiger partial charge in [0.2, 0.25) is 0 Å². The lowest BCUT2D eigenvalue weighted by molar-refractivity contribution is 0.353. The molecule has 1 spiro atoms. The maximum absolute atomic E-state index is 6.08. The van der Waals surface area contributed by atoms with E-state index in [1.165, 1.54) is 52.4 Å². The van der Waals surface area contributed by atoms with Crippen molar-refractivity contribution < 1.29 is 0 Å². The standard InChI is InChI=1S/C18H18IN/c19-12-4-6-14-15-7-5-13(20)11-17(15)18(16(14)10-12)8-2-1-3-9-18/h4-7,10-11H,1-3,8-9,20H2. The first kappa shape index (κ1) is 12.7. The van der Waals surface area contributed by atoms with Crippen LogP contribution in [0.5, 0.6) is 0 Å². The Hall–Kier alpha value is -1.03. The van der Waals surface area contributed by atoms with Crippen LogP contribution >= 0.6 is 22.6 Å². The number of anilines is 1. The third kappa shape index (κ3) is 1.67. The zero-order valence-electron chi connectivity index (χ0n) is 11.5. The molecule has 2 aromatic carbocycles. The second-order valence-electron chi connectivity index (χ2n) is 6.14. The highest BCUT2D eigenvalue weighted by molar-refractivity contribution is 14.1. The fourth-order valence-corrected chi connectivity index (χ4v) is 4.67. The van der Waals surface area contributed by atoms with Crippen molar-refractivity contribution in [3.63, 3.8) is 0 Å². The first-order valence-corrected chi connectivity index (χ1v) is 8.49. The summed E-state index contributed by atoms with van der Waals surface area (Å²) in [5.41, 5.74) is 13.1. The monoisotopic (exact) mass is 375 g/mol. The molecule has 0 saturated heterocycles. The molecule has 0 atom stereocenters. The van der Waals surface area contributed by atoms with E-state index in [1.807, 2.05) is 6.07 Å². The van der Waals surface area contributed by atoms with Gasteiger partial charge in [-0.15, -0.1) is 0 Å². The highest BCUT2D eigenvalue weighted by Crippen LogP contribution is 2.56. The molecule has 1 nitrogen and oxygen atoms in total. The summed E-state index contributed by atoms with van der Waals surface area (Å²) in [6, 6.07) is 13.4. The second-order valence-corrected chi connectivity index (χ2v) is 7.38. The van der Waals surface area contributed by atoms with Crippen LogP contribution in [0, 0.1) is 3.57 Å². The SMILES string of the molecule is Nc1ccc2c(c1)C1(CCCCC1)c1cc(I)ccc1-2. The van der Waals surface area contributed by atoms with Gasteiger partial charge in [0.25, 0.3) is 0 Å². The van der Waals surface area contributed by atoms with Crippen LogP contribution in [-0.4, -0.2) is 0 Å². The number of fused-ring (bicyclic) bond motifs is 5. The van der Waals surface area contributed by atoms with Gasteiger partial charge >= 0.3 is 0 Å². The number of halogens is 1. The third-order valence-electron chi connectivity index (χ3n) is 5.05. The minimum absolute atomic E-state index is 0.236. The number of rotatable bonds is 0. The zero-order valence-corrected chi connectivity index (χ0v) is 13.6. The summed E-state index contributed by atoms with van der Waals surface area (Å²) >= 11 is 2.43. The van der Waals surface area contributed by atoms with Crippen LogP contribution in [0.15, 0.2) is 36.4 Å². The van der Waals surface area contributed by atoms with E-state index in [1.54, 1.807) is 5.56 Å². The van der Waals surface area contributed by atoms with Gasteiger partial charge < -0.3 is 5.73 Å². The summed E-state index contributed by atoms with van der Waals surface area (Å²) in [5.74, 6) is 0. The van der Waals surface area contributed by atoms with Crippen LogP contribution in [0.1, 0.15) is 43.2 Å². The smallest absolute Gasteiger partial charge is 0.0317 e. The Morgan fingerprint density at radius 3 is 2.25 bits per heavy atom. The fourth-order valence-electron chi connectivity index (χ4n) is 4.18. The van der Waals surface area contributed by atoms with Crippen molar-refractivity contribution in [3.8, 4) is 11.1 Å². The first-order valence-electron chi connectivity index (χ1n) is 7.41. The molecule has 0 unspecified atom stereocenters. The van der Waals surface area contributed by atoms with Crippen LogP contribution < -0.4 is 5.73 Å². The van der Waals surface area contributed by atoms with Crippen molar-refractivity contribution in [3.05, 3.63) is 51.1 Å². The molecule has 2 aromatic rings. The summed E-state index contributed by atoms with van der Waals surface area (Å²) < 4.78 is 1.34. The van der Waals surface area contributed by atoms with Gasteiger partial charge in [-0.05, 0) is 82.0 Å². The van der Waals surface area contributed by atoms with Crippen LogP contribution in [-0.2, 0) is 5.41 Å². The Morgan fingerprint density at radius 2 is 1.50 bits per heavy atom. The highest BCUT2D eigenvalue weighted by atomic mass is 127. The molecule has 0 heterocycles. The van der Waals surface area contributed by atoms with E-state index >= 15 is 0 Å². The number of benzene rings is 2. The Kier molecular flexibility index (Phi) is 2.85. The van der Waals surface area contributed by atoms with Gasteiger partial charge in [0, 0.05) is 14.7 Å². The molecule has 0 aromatic heterocycles. The molecule has 0 radical (unpaired) electrons. The average Bonchev–Trinajstić information content (AvgIpc) is 2.70. The molecular weight excluding hydrogens is 357 g/mol. The summed E-state index contributed by atoms with van der Waals surface area (Å²) in [5, 5.41) is 0. The van der Waals surface area contributed by atoms with E-state index in [9.17, 15) is 0 Å². The molecule has 0 amide bonds. The number of hydrogen-bond donors (Lipinski definition) is 1. The van der Waals surface area contributed by atoms with E-state index in [4.69, 9.17) is 5.73 Å². The van der Waals surface area contributed by atoms with Crippen molar-refractivity contribution in [2.45, 2.75) is 37.5 Å². The molecule has 2 N–H and O–H groups in total. The minimum Gasteiger partial charge on any atom is -0.399 e. The van der Waals surface area contributed by atoms with Crippen LogP contribution in [0.2, 0.25) is 0 Å².